The molecule has 43 heavy (non-hydrogen) atoms. The van der Waals surface area contributed by atoms with Gasteiger partial charge in [-0.15, -0.1) is 0 Å². The Balaban J connectivity index is 1.15. The summed E-state index contributed by atoms with van der Waals surface area (Å²) in [4.78, 5) is 28.6. The van der Waals surface area contributed by atoms with E-state index in [1.165, 1.54) is 49.8 Å². The van der Waals surface area contributed by atoms with Gasteiger partial charge < -0.3 is 25.8 Å². The van der Waals surface area contributed by atoms with Gasteiger partial charge in [0.05, 0.1) is 5.52 Å². The van der Waals surface area contributed by atoms with E-state index in [0.717, 1.165) is 31.9 Å². The summed E-state index contributed by atoms with van der Waals surface area (Å²) in [5.41, 5.74) is 3.94. The summed E-state index contributed by atoms with van der Waals surface area (Å²) in [6.45, 7) is 10.3. The Morgan fingerprint density at radius 1 is 0.884 bits per heavy atom. The lowest BCUT2D eigenvalue weighted by Crippen LogP contribution is -2.52. The molecule has 2 fully saturated rings. The lowest BCUT2D eigenvalue weighted by Gasteiger charge is -2.42. The lowest BCUT2D eigenvalue weighted by molar-refractivity contribution is -0.111. The van der Waals surface area contributed by atoms with Gasteiger partial charge in [0.25, 0.3) is 0 Å². The molecule has 6 rings (SSSR count). The monoisotopic (exact) mass is 580 g/mol. The average Bonchev–Trinajstić information content (AvgIpc) is 3.02. The highest BCUT2D eigenvalue weighted by molar-refractivity contribution is 5.99. The van der Waals surface area contributed by atoms with Crippen molar-refractivity contribution in [2.75, 3.05) is 67.2 Å². The van der Waals surface area contributed by atoms with Gasteiger partial charge in [-0.1, -0.05) is 12.6 Å². The van der Waals surface area contributed by atoms with Crippen LogP contribution in [-0.4, -0.2) is 78.0 Å². The summed E-state index contributed by atoms with van der Waals surface area (Å²) in [6, 6.07) is 20.7. The van der Waals surface area contributed by atoms with Crippen molar-refractivity contribution in [3.8, 4) is 0 Å². The van der Waals surface area contributed by atoms with Crippen LogP contribution in [0.25, 0.3) is 10.9 Å². The number of carbonyl (C=O) groups excluding carboxylic acids is 1. The molecule has 3 aromatic carbocycles. The number of halogens is 1. The maximum atomic E-state index is 14.2. The molecule has 4 aromatic rings. The van der Waals surface area contributed by atoms with Crippen molar-refractivity contribution in [1.82, 2.24) is 19.8 Å². The summed E-state index contributed by atoms with van der Waals surface area (Å²) in [7, 11) is 2.20. The molecule has 2 aliphatic heterocycles. The van der Waals surface area contributed by atoms with Crippen LogP contribution < -0.4 is 20.9 Å². The molecular formula is C33H37FN8O. The topological polar surface area (TPSA) is 88.7 Å². The Bertz CT molecular complexity index is 1590. The Hall–Kier alpha value is -4.54. The van der Waals surface area contributed by atoms with E-state index in [1.54, 1.807) is 24.3 Å². The van der Waals surface area contributed by atoms with E-state index >= 15 is 0 Å². The second kappa shape index (κ2) is 12.8. The van der Waals surface area contributed by atoms with Crippen LogP contribution in [0.2, 0.25) is 0 Å². The minimum Gasteiger partial charge on any atom is -0.371 e. The number of hydrogen-bond acceptors (Lipinski definition) is 8. The number of benzene rings is 3. The maximum Gasteiger partial charge on any atom is 0.247 e. The molecule has 9 nitrogen and oxygen atoms in total. The summed E-state index contributed by atoms with van der Waals surface area (Å²) in [5, 5.41) is 9.87. The molecule has 0 aliphatic carbocycles. The first kappa shape index (κ1) is 28.6. The fourth-order valence-corrected chi connectivity index (χ4v) is 5.82. The van der Waals surface area contributed by atoms with Crippen LogP contribution in [0.15, 0.2) is 79.4 Å². The molecule has 0 atom stereocenters. The molecule has 2 aliphatic rings. The molecule has 0 unspecified atom stereocenters. The zero-order valence-corrected chi connectivity index (χ0v) is 24.4. The Kier molecular flexibility index (Phi) is 8.48. The van der Waals surface area contributed by atoms with Crippen molar-refractivity contribution in [2.24, 2.45) is 0 Å². The van der Waals surface area contributed by atoms with Gasteiger partial charge >= 0.3 is 0 Å². The van der Waals surface area contributed by atoms with Crippen LogP contribution in [-0.2, 0) is 4.79 Å². The molecular weight excluding hydrogens is 543 g/mol. The molecule has 1 amide bonds. The van der Waals surface area contributed by atoms with Gasteiger partial charge in [0, 0.05) is 73.4 Å². The first-order chi connectivity index (χ1) is 20.9. The number of nitrogens with one attached hydrogen (secondary N) is 3. The van der Waals surface area contributed by atoms with Crippen LogP contribution in [0, 0.1) is 5.82 Å². The highest BCUT2D eigenvalue weighted by Gasteiger charge is 2.26. The largest absolute Gasteiger partial charge is 0.371 e. The van der Waals surface area contributed by atoms with Crippen LogP contribution in [0.5, 0.6) is 0 Å². The van der Waals surface area contributed by atoms with Crippen molar-refractivity contribution in [1.29, 1.82) is 0 Å². The van der Waals surface area contributed by atoms with Crippen molar-refractivity contribution >= 4 is 51.3 Å². The fraction of sp³-hybridized carbons (Fsp3) is 0.303. The third-order valence-corrected chi connectivity index (χ3v) is 8.24. The number of piperidine rings is 1. The quantitative estimate of drug-likeness (QED) is 0.232. The molecule has 0 radical (unpaired) electrons. The van der Waals surface area contributed by atoms with Crippen LogP contribution in [0.4, 0.5) is 38.9 Å². The SMILES string of the molecule is C=CC(=O)Nc1cccc(Nc2nc(Nc3ccc(N4CCC(N5CCN(C)CC5)CC4)cc3)nc3ccc(F)cc23)c1. The predicted octanol–water partition coefficient (Wildman–Crippen LogP) is 5.60. The summed E-state index contributed by atoms with van der Waals surface area (Å²) < 4.78 is 14.2. The normalized spacial score (nSPS) is 16.7. The number of hydrogen-bond donors (Lipinski definition) is 3. The minimum absolute atomic E-state index is 0.306. The zero-order chi connectivity index (χ0) is 29.8. The molecule has 0 bridgehead atoms. The number of fused-ring (bicyclic) bond motifs is 1. The number of carbonyl (C=O) groups is 1. The van der Waals surface area contributed by atoms with E-state index in [1.807, 2.05) is 18.2 Å². The van der Waals surface area contributed by atoms with E-state index in [4.69, 9.17) is 0 Å². The molecule has 3 heterocycles. The van der Waals surface area contributed by atoms with Crippen molar-refractivity contribution in [2.45, 2.75) is 18.9 Å². The number of anilines is 6. The molecule has 0 spiro atoms. The number of amides is 1. The fourth-order valence-electron chi connectivity index (χ4n) is 5.82. The highest BCUT2D eigenvalue weighted by Crippen LogP contribution is 2.29. The maximum absolute atomic E-state index is 14.2. The Morgan fingerprint density at radius 2 is 1.63 bits per heavy atom. The lowest BCUT2D eigenvalue weighted by atomic mass is 10.0. The van der Waals surface area contributed by atoms with E-state index in [9.17, 15) is 9.18 Å². The molecule has 10 heteroatoms. The third kappa shape index (κ3) is 6.93. The second-order valence-electron chi connectivity index (χ2n) is 11.2. The van der Waals surface area contributed by atoms with Gasteiger partial charge in [-0.3, -0.25) is 9.69 Å². The smallest absolute Gasteiger partial charge is 0.247 e. The first-order valence-electron chi connectivity index (χ1n) is 14.8. The van der Waals surface area contributed by atoms with Gasteiger partial charge in [0.2, 0.25) is 11.9 Å². The van der Waals surface area contributed by atoms with Gasteiger partial charge in [-0.25, -0.2) is 9.37 Å². The third-order valence-electron chi connectivity index (χ3n) is 8.24. The van der Waals surface area contributed by atoms with Gasteiger partial charge in [0.1, 0.15) is 11.6 Å². The molecule has 222 valence electrons. The molecule has 3 N–H and O–H groups in total. The van der Waals surface area contributed by atoms with Gasteiger partial charge in [-0.2, -0.15) is 4.98 Å². The van der Waals surface area contributed by atoms with E-state index < -0.39 is 0 Å². The molecule has 2 saturated heterocycles. The van der Waals surface area contributed by atoms with Crippen LogP contribution in [0.1, 0.15) is 12.8 Å². The minimum atomic E-state index is -0.380. The number of piperazine rings is 1. The van der Waals surface area contributed by atoms with E-state index in [-0.39, 0.29) is 11.7 Å². The number of rotatable bonds is 8. The Morgan fingerprint density at radius 3 is 2.37 bits per heavy atom. The van der Waals surface area contributed by atoms with Crippen molar-refractivity contribution in [3.63, 3.8) is 0 Å². The van der Waals surface area contributed by atoms with Crippen LogP contribution >= 0.6 is 0 Å². The zero-order valence-electron chi connectivity index (χ0n) is 24.4. The summed E-state index contributed by atoms with van der Waals surface area (Å²) in [6.07, 6.45) is 3.59. The summed E-state index contributed by atoms with van der Waals surface area (Å²) >= 11 is 0. The van der Waals surface area contributed by atoms with Gasteiger partial charge in [-0.05, 0) is 86.6 Å². The van der Waals surface area contributed by atoms with Crippen molar-refractivity contribution < 1.29 is 9.18 Å². The predicted molar refractivity (Wildman–Crippen MR) is 172 cm³/mol. The second-order valence-corrected chi connectivity index (χ2v) is 11.2. The highest BCUT2D eigenvalue weighted by atomic mass is 19.1. The number of aromatic nitrogens is 2. The van der Waals surface area contributed by atoms with Crippen molar-refractivity contribution in [3.05, 3.63) is 85.2 Å². The van der Waals surface area contributed by atoms with Crippen LogP contribution in [0.3, 0.4) is 0 Å². The standard InChI is InChI=1S/C33H37FN8O/c1-3-31(43)35-25-5-4-6-26(22-25)36-32-29-21-23(34)7-12-30(29)38-33(39-32)37-24-8-10-27(11-9-24)41-15-13-28(14-16-41)42-19-17-40(2)18-20-42/h3-12,21-22,28H,1,13-20H2,2H3,(H,35,43)(H2,36,37,38,39). The summed E-state index contributed by atoms with van der Waals surface area (Å²) in [5.74, 6) is 0.145. The first-order valence-corrected chi connectivity index (χ1v) is 14.8. The number of likely N-dealkylation sites (N-methyl/N-ethyl adjacent to an activating group) is 1. The average molecular weight is 581 g/mol. The molecule has 1 aromatic heterocycles. The molecule has 0 saturated carbocycles. The van der Waals surface area contributed by atoms with E-state index in [0.29, 0.717) is 40.1 Å². The van der Waals surface area contributed by atoms with Gasteiger partial charge in [0.15, 0.2) is 0 Å². The van der Waals surface area contributed by atoms with E-state index in [2.05, 4.69) is 66.4 Å². The number of nitrogens with zero attached hydrogens (tertiary/aromatic N) is 5. The Labute approximate surface area is 251 Å².